The molecule has 0 atom stereocenters. The minimum atomic E-state index is -2.66. The molecular formula is C12H18F2O2. The lowest BCUT2D eigenvalue weighted by atomic mass is 9.53. The number of rotatable bonds is 2. The number of hydrogen-bond acceptors (Lipinski definition) is 2. The molecule has 0 radical (unpaired) electrons. The number of hydrogen-bond donors (Lipinski definition) is 1. The van der Waals surface area contributed by atoms with Gasteiger partial charge in [-0.3, -0.25) is 4.79 Å². The van der Waals surface area contributed by atoms with Crippen molar-refractivity contribution in [2.45, 2.75) is 63.4 Å². The number of ketones is 1. The van der Waals surface area contributed by atoms with Crippen LogP contribution < -0.4 is 0 Å². The lowest BCUT2D eigenvalue weighted by Gasteiger charge is -2.54. The highest BCUT2D eigenvalue weighted by atomic mass is 19.3. The van der Waals surface area contributed by atoms with E-state index in [-0.39, 0.29) is 31.5 Å². The number of Topliss-reactive ketones (excluding diaryl/α,β-unsaturated/α-hetero) is 1. The van der Waals surface area contributed by atoms with Crippen LogP contribution in [0.25, 0.3) is 0 Å². The molecule has 0 amide bonds. The van der Waals surface area contributed by atoms with Gasteiger partial charge in [0.2, 0.25) is 5.92 Å². The molecule has 0 heterocycles. The summed E-state index contributed by atoms with van der Waals surface area (Å²) in [7, 11) is 0. The molecule has 2 saturated carbocycles. The van der Waals surface area contributed by atoms with Gasteiger partial charge in [0.1, 0.15) is 5.78 Å². The van der Waals surface area contributed by atoms with Gasteiger partial charge in [-0.15, -0.1) is 0 Å². The van der Waals surface area contributed by atoms with Gasteiger partial charge in [-0.1, -0.05) is 6.42 Å². The topological polar surface area (TPSA) is 37.3 Å². The molecule has 0 bridgehead atoms. The fourth-order valence-corrected chi connectivity index (χ4v) is 3.18. The predicted molar refractivity (Wildman–Crippen MR) is 55.3 cm³/mol. The third-order valence-electron chi connectivity index (χ3n) is 4.58. The third-order valence-corrected chi connectivity index (χ3v) is 4.58. The summed E-state index contributed by atoms with van der Waals surface area (Å²) in [5.74, 6) is -2.69. The van der Waals surface area contributed by atoms with Crippen molar-refractivity contribution >= 4 is 5.78 Å². The zero-order valence-electron chi connectivity index (χ0n) is 9.56. The summed E-state index contributed by atoms with van der Waals surface area (Å²) >= 11 is 0. The van der Waals surface area contributed by atoms with Gasteiger partial charge in [-0.25, -0.2) is 8.78 Å². The van der Waals surface area contributed by atoms with Crippen molar-refractivity contribution in [2.24, 2.45) is 5.41 Å². The van der Waals surface area contributed by atoms with Gasteiger partial charge in [0.15, 0.2) is 0 Å². The van der Waals surface area contributed by atoms with Crippen LogP contribution in [0.5, 0.6) is 0 Å². The second kappa shape index (κ2) is 3.49. The Hall–Kier alpha value is -0.510. The molecule has 0 aromatic heterocycles. The zero-order chi connectivity index (χ0) is 12.0. The number of aliphatic hydroxyl groups is 1. The van der Waals surface area contributed by atoms with E-state index in [9.17, 15) is 18.7 Å². The molecule has 1 N–H and O–H groups in total. The number of carbonyl (C=O) groups is 1. The first-order chi connectivity index (χ1) is 7.31. The van der Waals surface area contributed by atoms with Crippen LogP contribution in [-0.4, -0.2) is 22.4 Å². The molecule has 16 heavy (non-hydrogen) atoms. The summed E-state index contributed by atoms with van der Waals surface area (Å²) in [5, 5.41) is 10.5. The average molecular weight is 232 g/mol. The third kappa shape index (κ3) is 1.58. The fourth-order valence-electron chi connectivity index (χ4n) is 3.18. The van der Waals surface area contributed by atoms with E-state index in [0.717, 1.165) is 6.42 Å². The summed E-state index contributed by atoms with van der Waals surface area (Å²) in [4.78, 5) is 11.7. The highest BCUT2D eigenvalue weighted by Crippen LogP contribution is 2.56. The molecule has 2 aliphatic carbocycles. The maximum absolute atomic E-state index is 13.1. The second-order valence-corrected chi connectivity index (χ2v) is 5.38. The van der Waals surface area contributed by atoms with Crippen molar-refractivity contribution in [1.82, 2.24) is 0 Å². The first-order valence-electron chi connectivity index (χ1n) is 5.93. The SMILES string of the molecule is CC(=O)C1(C2(O)CCC(F)(F)CC2)CCC1. The Balaban J connectivity index is 2.17. The van der Waals surface area contributed by atoms with Crippen LogP contribution in [-0.2, 0) is 4.79 Å². The fraction of sp³-hybridized carbons (Fsp3) is 0.917. The van der Waals surface area contributed by atoms with E-state index in [1.807, 2.05) is 0 Å². The van der Waals surface area contributed by atoms with Crippen LogP contribution in [0.15, 0.2) is 0 Å². The molecule has 0 saturated heterocycles. The molecule has 2 aliphatic rings. The average Bonchev–Trinajstić information content (AvgIpc) is 2.08. The summed E-state index contributed by atoms with van der Waals surface area (Å²) in [6.07, 6.45) is 1.75. The standard InChI is InChI=1S/C12H18F2O2/c1-9(15)10(3-2-4-10)11(16)5-7-12(13,14)8-6-11/h16H,2-8H2,1H3. The maximum atomic E-state index is 13.1. The molecule has 2 fully saturated rings. The minimum absolute atomic E-state index is 0.0357. The Morgan fingerprint density at radius 1 is 1.06 bits per heavy atom. The molecular weight excluding hydrogens is 214 g/mol. The van der Waals surface area contributed by atoms with Crippen molar-refractivity contribution in [3.8, 4) is 0 Å². The Morgan fingerprint density at radius 2 is 1.56 bits per heavy atom. The molecule has 0 aromatic rings. The van der Waals surface area contributed by atoms with Gasteiger partial charge in [0.25, 0.3) is 0 Å². The Bertz CT molecular complexity index is 298. The van der Waals surface area contributed by atoms with Gasteiger partial charge in [0, 0.05) is 12.8 Å². The Morgan fingerprint density at radius 3 is 1.88 bits per heavy atom. The van der Waals surface area contributed by atoms with Gasteiger partial charge in [0.05, 0.1) is 11.0 Å². The Labute approximate surface area is 94.0 Å². The van der Waals surface area contributed by atoms with Crippen molar-refractivity contribution in [1.29, 1.82) is 0 Å². The summed E-state index contributed by atoms with van der Waals surface area (Å²) in [6, 6.07) is 0. The van der Waals surface area contributed by atoms with Crippen molar-refractivity contribution in [3.63, 3.8) is 0 Å². The van der Waals surface area contributed by atoms with Gasteiger partial charge < -0.3 is 5.11 Å². The lowest BCUT2D eigenvalue weighted by Crippen LogP contribution is -2.59. The normalized spacial score (nSPS) is 30.5. The molecule has 0 spiro atoms. The molecule has 4 heteroatoms. The smallest absolute Gasteiger partial charge is 0.248 e. The van der Waals surface area contributed by atoms with E-state index in [1.165, 1.54) is 6.92 Å². The molecule has 0 unspecified atom stereocenters. The molecule has 2 rings (SSSR count). The van der Waals surface area contributed by atoms with Gasteiger partial charge in [-0.05, 0) is 32.6 Å². The van der Waals surface area contributed by atoms with Crippen LogP contribution in [0.1, 0.15) is 51.9 Å². The highest BCUT2D eigenvalue weighted by Gasteiger charge is 2.59. The predicted octanol–water partition coefficient (Wildman–Crippen LogP) is 2.69. The van der Waals surface area contributed by atoms with Crippen LogP contribution in [0.3, 0.4) is 0 Å². The van der Waals surface area contributed by atoms with Gasteiger partial charge >= 0.3 is 0 Å². The summed E-state index contributed by atoms with van der Waals surface area (Å²) in [6.45, 7) is 1.48. The molecule has 2 nitrogen and oxygen atoms in total. The van der Waals surface area contributed by atoms with Crippen molar-refractivity contribution in [2.75, 3.05) is 0 Å². The van der Waals surface area contributed by atoms with Crippen LogP contribution in [0, 0.1) is 5.41 Å². The van der Waals surface area contributed by atoms with E-state index in [4.69, 9.17) is 0 Å². The van der Waals surface area contributed by atoms with Gasteiger partial charge in [-0.2, -0.15) is 0 Å². The minimum Gasteiger partial charge on any atom is -0.389 e. The van der Waals surface area contributed by atoms with E-state index >= 15 is 0 Å². The van der Waals surface area contributed by atoms with Crippen molar-refractivity contribution < 1.29 is 18.7 Å². The van der Waals surface area contributed by atoms with E-state index in [2.05, 4.69) is 0 Å². The lowest BCUT2D eigenvalue weighted by molar-refractivity contribution is -0.189. The second-order valence-electron chi connectivity index (χ2n) is 5.38. The molecule has 92 valence electrons. The summed E-state index contributed by atoms with van der Waals surface area (Å²) < 4.78 is 26.1. The van der Waals surface area contributed by atoms with Crippen LogP contribution in [0.2, 0.25) is 0 Å². The highest BCUT2D eigenvalue weighted by molar-refractivity contribution is 5.84. The molecule has 0 aliphatic heterocycles. The Kier molecular flexibility index (Phi) is 2.61. The number of alkyl halides is 2. The van der Waals surface area contributed by atoms with E-state index < -0.39 is 16.9 Å². The monoisotopic (exact) mass is 232 g/mol. The van der Waals surface area contributed by atoms with E-state index in [0.29, 0.717) is 12.8 Å². The zero-order valence-corrected chi connectivity index (χ0v) is 9.56. The maximum Gasteiger partial charge on any atom is 0.248 e. The first kappa shape index (κ1) is 12.0. The van der Waals surface area contributed by atoms with Crippen LogP contribution >= 0.6 is 0 Å². The molecule has 0 aromatic carbocycles. The van der Waals surface area contributed by atoms with Crippen molar-refractivity contribution in [3.05, 3.63) is 0 Å². The number of halogens is 2. The van der Waals surface area contributed by atoms with Crippen LogP contribution in [0.4, 0.5) is 8.78 Å². The number of carbonyl (C=O) groups excluding carboxylic acids is 1. The first-order valence-corrected chi connectivity index (χ1v) is 5.93. The van der Waals surface area contributed by atoms with E-state index in [1.54, 1.807) is 0 Å². The quantitative estimate of drug-likeness (QED) is 0.794. The summed E-state index contributed by atoms with van der Waals surface area (Å²) in [5.41, 5.74) is -1.90. The largest absolute Gasteiger partial charge is 0.389 e.